The number of ether oxygens (including phenoxy) is 2. The van der Waals surface area contributed by atoms with Gasteiger partial charge in [-0.15, -0.1) is 0 Å². The minimum atomic E-state index is -0.469. The second-order valence-electron chi connectivity index (χ2n) is 8.02. The molecule has 1 aromatic rings. The largest absolute Gasteiger partial charge is 0.427 e. The molecule has 3 unspecified atom stereocenters. The van der Waals surface area contributed by atoms with Crippen LogP contribution in [0.25, 0.3) is 0 Å². The molecule has 0 N–H and O–H groups in total. The maximum absolute atomic E-state index is 12.5. The molecule has 4 rings (SSSR count). The normalized spacial score (nSPS) is 28.1. The topological polar surface area (TPSA) is 90.0 Å². The Hall–Kier alpha value is -2.70. The Bertz CT molecular complexity index is 878. The Kier molecular flexibility index (Phi) is 4.48. The fraction of sp³-hybridized carbons (Fsp3) is 0.524. The van der Waals surface area contributed by atoms with Crippen LogP contribution in [0.5, 0.6) is 11.5 Å². The molecule has 148 valence electrons. The molecule has 1 saturated heterocycles. The van der Waals surface area contributed by atoms with Gasteiger partial charge in [-0.3, -0.25) is 19.2 Å². The molecule has 0 radical (unpaired) electrons. The summed E-state index contributed by atoms with van der Waals surface area (Å²) in [6.07, 6.45) is 3.73. The second kappa shape index (κ2) is 6.72. The van der Waals surface area contributed by atoms with E-state index in [0.717, 1.165) is 24.0 Å². The van der Waals surface area contributed by atoms with E-state index in [-0.39, 0.29) is 17.7 Å². The number of hydrogen-bond donors (Lipinski definition) is 0. The van der Waals surface area contributed by atoms with Crippen LogP contribution in [0, 0.1) is 5.92 Å². The number of likely N-dealkylation sites (tertiary alicyclic amines) is 1. The first-order valence-electron chi connectivity index (χ1n) is 9.61. The number of benzene rings is 1. The van der Waals surface area contributed by atoms with Crippen molar-refractivity contribution in [2.75, 3.05) is 6.54 Å². The van der Waals surface area contributed by atoms with Gasteiger partial charge in [0.15, 0.2) is 0 Å². The lowest BCUT2D eigenvalue weighted by atomic mass is 9.52. The predicted octanol–water partition coefficient (Wildman–Crippen LogP) is 1.93. The van der Waals surface area contributed by atoms with Gasteiger partial charge < -0.3 is 14.4 Å². The van der Waals surface area contributed by atoms with Crippen LogP contribution in [0.2, 0.25) is 0 Å². The summed E-state index contributed by atoms with van der Waals surface area (Å²) >= 11 is 0. The summed E-state index contributed by atoms with van der Waals surface area (Å²) in [5.41, 5.74) is 1.29. The first-order valence-corrected chi connectivity index (χ1v) is 9.61. The highest BCUT2D eigenvalue weighted by atomic mass is 16.5. The zero-order chi connectivity index (χ0) is 20.1. The molecule has 3 aliphatic rings. The van der Waals surface area contributed by atoms with Crippen LogP contribution >= 0.6 is 0 Å². The SMILES string of the molecule is CC(=O)Oc1cc2c(c(OC(C)=O)c1)C13CCN(C=O)C(C2)C1CCC(=O)C3. The third kappa shape index (κ3) is 2.89. The number of carbonyl (C=O) groups is 4. The van der Waals surface area contributed by atoms with Crippen LogP contribution in [0.4, 0.5) is 0 Å². The Labute approximate surface area is 163 Å². The molecule has 2 aliphatic carbocycles. The predicted molar refractivity (Wildman–Crippen MR) is 98.0 cm³/mol. The molecule has 7 heteroatoms. The summed E-state index contributed by atoms with van der Waals surface area (Å²) in [6.45, 7) is 3.21. The summed E-state index contributed by atoms with van der Waals surface area (Å²) in [6, 6.07) is 3.34. The van der Waals surface area contributed by atoms with Gasteiger partial charge in [-0.2, -0.15) is 0 Å². The van der Waals surface area contributed by atoms with Crippen molar-refractivity contribution in [3.05, 3.63) is 23.3 Å². The summed E-state index contributed by atoms with van der Waals surface area (Å²) in [7, 11) is 0. The molecule has 1 aliphatic heterocycles. The minimum absolute atomic E-state index is 0.00962. The molecule has 1 saturated carbocycles. The van der Waals surface area contributed by atoms with E-state index in [1.54, 1.807) is 12.1 Å². The number of nitrogens with zero attached hydrogens (tertiary/aromatic N) is 1. The monoisotopic (exact) mass is 385 g/mol. The van der Waals surface area contributed by atoms with E-state index in [2.05, 4.69) is 0 Å². The van der Waals surface area contributed by atoms with Gasteiger partial charge in [0.1, 0.15) is 17.3 Å². The number of rotatable bonds is 3. The summed E-state index contributed by atoms with van der Waals surface area (Å²) in [5.74, 6) is 0.0628. The van der Waals surface area contributed by atoms with Crippen molar-refractivity contribution in [1.29, 1.82) is 0 Å². The van der Waals surface area contributed by atoms with E-state index in [4.69, 9.17) is 9.47 Å². The van der Waals surface area contributed by atoms with Crippen molar-refractivity contribution in [2.45, 2.75) is 57.4 Å². The van der Waals surface area contributed by atoms with E-state index >= 15 is 0 Å². The maximum atomic E-state index is 12.5. The van der Waals surface area contributed by atoms with Crippen molar-refractivity contribution in [3.63, 3.8) is 0 Å². The van der Waals surface area contributed by atoms with E-state index in [9.17, 15) is 19.2 Å². The van der Waals surface area contributed by atoms with Gasteiger partial charge in [0.05, 0.1) is 0 Å². The third-order valence-electron chi connectivity index (χ3n) is 6.40. The van der Waals surface area contributed by atoms with E-state index < -0.39 is 17.4 Å². The fourth-order valence-corrected chi connectivity index (χ4v) is 5.57. The Balaban J connectivity index is 1.92. The molecule has 2 bridgehead atoms. The first kappa shape index (κ1) is 18.7. The van der Waals surface area contributed by atoms with Crippen molar-refractivity contribution in [3.8, 4) is 11.5 Å². The van der Waals surface area contributed by atoms with Gasteiger partial charge in [-0.1, -0.05) is 0 Å². The summed E-state index contributed by atoms with van der Waals surface area (Å²) in [5, 5.41) is 0. The number of hydrogen-bond acceptors (Lipinski definition) is 6. The van der Waals surface area contributed by atoms with Gasteiger partial charge >= 0.3 is 11.9 Å². The van der Waals surface area contributed by atoms with E-state index in [0.29, 0.717) is 43.7 Å². The van der Waals surface area contributed by atoms with Crippen molar-refractivity contribution >= 4 is 24.1 Å². The highest BCUT2D eigenvalue weighted by molar-refractivity contribution is 5.82. The lowest BCUT2D eigenvalue weighted by Crippen LogP contribution is -2.61. The number of fused-ring (bicyclic) bond motifs is 1. The first-order chi connectivity index (χ1) is 13.3. The van der Waals surface area contributed by atoms with Crippen LogP contribution in [0.15, 0.2) is 12.1 Å². The number of Topliss-reactive ketones (excluding diaryl/α,β-unsaturated/α-hetero) is 1. The summed E-state index contributed by atoms with van der Waals surface area (Å²) in [4.78, 5) is 49.2. The van der Waals surface area contributed by atoms with Crippen molar-refractivity contribution in [2.24, 2.45) is 5.92 Å². The smallest absolute Gasteiger partial charge is 0.308 e. The molecule has 1 aromatic carbocycles. The van der Waals surface area contributed by atoms with Crippen LogP contribution in [0.1, 0.15) is 50.7 Å². The number of ketones is 1. The van der Waals surface area contributed by atoms with Crippen molar-refractivity contribution < 1.29 is 28.7 Å². The molecule has 1 amide bonds. The molecule has 0 aromatic heterocycles. The van der Waals surface area contributed by atoms with Gasteiger partial charge in [0, 0.05) is 56.3 Å². The van der Waals surface area contributed by atoms with Crippen molar-refractivity contribution in [1.82, 2.24) is 4.90 Å². The van der Waals surface area contributed by atoms with Crippen LogP contribution in [0.3, 0.4) is 0 Å². The molecule has 28 heavy (non-hydrogen) atoms. The average Bonchev–Trinajstić information content (AvgIpc) is 2.59. The van der Waals surface area contributed by atoms with Gasteiger partial charge in [-0.25, -0.2) is 0 Å². The molecule has 7 nitrogen and oxygen atoms in total. The minimum Gasteiger partial charge on any atom is -0.427 e. The van der Waals surface area contributed by atoms with Gasteiger partial charge in [-0.05, 0) is 36.8 Å². The van der Waals surface area contributed by atoms with Gasteiger partial charge in [0.25, 0.3) is 0 Å². The number of esters is 2. The molecule has 2 fully saturated rings. The summed E-state index contributed by atoms with van der Waals surface area (Å²) < 4.78 is 10.8. The fourth-order valence-electron chi connectivity index (χ4n) is 5.57. The van der Waals surface area contributed by atoms with E-state index in [1.807, 2.05) is 4.90 Å². The lowest BCUT2D eigenvalue weighted by Gasteiger charge is -2.57. The highest BCUT2D eigenvalue weighted by Gasteiger charge is 2.56. The van der Waals surface area contributed by atoms with E-state index in [1.165, 1.54) is 13.8 Å². The zero-order valence-electron chi connectivity index (χ0n) is 16.0. The molecule has 3 atom stereocenters. The Morgan fingerprint density at radius 2 is 1.96 bits per heavy atom. The second-order valence-corrected chi connectivity index (χ2v) is 8.02. The maximum Gasteiger partial charge on any atom is 0.308 e. The quantitative estimate of drug-likeness (QED) is 0.449. The van der Waals surface area contributed by atoms with Gasteiger partial charge in [0.2, 0.25) is 6.41 Å². The average molecular weight is 385 g/mol. The Morgan fingerprint density at radius 3 is 2.64 bits per heavy atom. The zero-order valence-corrected chi connectivity index (χ0v) is 16.0. The highest BCUT2D eigenvalue weighted by Crippen LogP contribution is 2.57. The third-order valence-corrected chi connectivity index (χ3v) is 6.40. The van der Waals surface area contributed by atoms with Crippen LogP contribution in [-0.2, 0) is 31.0 Å². The molecule has 0 spiro atoms. The lowest BCUT2D eigenvalue weighted by molar-refractivity contribution is -0.133. The standard InChI is InChI=1S/C21H23NO6/c1-12(24)27-16-7-14-8-18-17-4-3-15(26)10-21(17,5-6-22(18)11-23)20(14)19(9-16)28-13(2)25/h7,9,11,17-18H,3-6,8,10H2,1-2H3. The number of carbonyl (C=O) groups excluding carboxylic acids is 4. The number of piperidine rings is 1. The molecule has 1 heterocycles. The Morgan fingerprint density at radius 1 is 1.21 bits per heavy atom. The van der Waals surface area contributed by atoms with Crippen LogP contribution < -0.4 is 9.47 Å². The number of amides is 1. The molecular weight excluding hydrogens is 362 g/mol. The molecular formula is C21H23NO6. The van der Waals surface area contributed by atoms with Crippen LogP contribution in [-0.4, -0.2) is 41.6 Å².